The van der Waals surface area contributed by atoms with E-state index in [1.165, 1.54) is 6.33 Å². The van der Waals surface area contributed by atoms with Gasteiger partial charge in [0.2, 0.25) is 11.2 Å². The lowest BCUT2D eigenvalue weighted by Crippen LogP contribution is -2.62. The van der Waals surface area contributed by atoms with Crippen LogP contribution in [-0.2, 0) is 4.74 Å². The Morgan fingerprint density at radius 2 is 2.00 bits per heavy atom. The zero-order chi connectivity index (χ0) is 16.5. The van der Waals surface area contributed by atoms with E-state index in [4.69, 9.17) is 16.3 Å². The summed E-state index contributed by atoms with van der Waals surface area (Å²) < 4.78 is 5.48. The minimum atomic E-state index is -0.508. The van der Waals surface area contributed by atoms with Crippen LogP contribution in [0.2, 0.25) is 5.28 Å². The topological polar surface area (TPSA) is 71.5 Å². The van der Waals surface area contributed by atoms with E-state index < -0.39 is 11.1 Å². The molecule has 2 heterocycles. The molecule has 22 heavy (non-hydrogen) atoms. The van der Waals surface area contributed by atoms with Crippen molar-refractivity contribution in [3.05, 3.63) is 11.6 Å². The van der Waals surface area contributed by atoms with Crippen molar-refractivity contribution in [2.24, 2.45) is 0 Å². The average Bonchev–Trinajstić information content (AvgIpc) is 2.35. The van der Waals surface area contributed by atoms with Crippen molar-refractivity contribution >= 4 is 23.6 Å². The van der Waals surface area contributed by atoms with Gasteiger partial charge in [-0.1, -0.05) is 0 Å². The maximum atomic E-state index is 12.3. The number of halogens is 1. The summed E-state index contributed by atoms with van der Waals surface area (Å²) in [5.74, 6) is 0.525. The molecule has 1 aliphatic heterocycles. The lowest BCUT2D eigenvalue weighted by molar-refractivity contribution is 0.000238. The van der Waals surface area contributed by atoms with E-state index in [-0.39, 0.29) is 11.4 Å². The molecule has 0 aromatic carbocycles. The van der Waals surface area contributed by atoms with Gasteiger partial charge in [-0.2, -0.15) is 4.98 Å². The van der Waals surface area contributed by atoms with Crippen LogP contribution in [0.5, 0.6) is 0 Å². The molecule has 0 radical (unpaired) electrons. The lowest BCUT2D eigenvalue weighted by atomic mass is 9.99. The SMILES string of the molecule is CC(C)(C)OC(=O)N1CCN(c2ncnc(Cl)n2)CC1(C)C. The Morgan fingerprint density at radius 1 is 1.32 bits per heavy atom. The van der Waals surface area contributed by atoms with Gasteiger partial charge in [-0.3, -0.25) is 4.90 Å². The first-order valence-electron chi connectivity index (χ1n) is 7.19. The number of aromatic nitrogens is 3. The highest BCUT2D eigenvalue weighted by atomic mass is 35.5. The third-order valence-electron chi connectivity index (χ3n) is 3.33. The molecule has 1 saturated heterocycles. The Bertz CT molecular complexity index is 558. The fourth-order valence-corrected chi connectivity index (χ4v) is 2.52. The number of nitrogens with zero attached hydrogens (tertiary/aromatic N) is 5. The zero-order valence-corrected chi connectivity index (χ0v) is 14.4. The minimum absolute atomic E-state index is 0.164. The Hall–Kier alpha value is -1.63. The Balaban J connectivity index is 2.11. The molecule has 122 valence electrons. The molecule has 7 nitrogen and oxygen atoms in total. The monoisotopic (exact) mass is 327 g/mol. The first-order valence-corrected chi connectivity index (χ1v) is 7.56. The number of hydrogen-bond acceptors (Lipinski definition) is 6. The van der Waals surface area contributed by atoms with Gasteiger partial charge in [-0.15, -0.1) is 0 Å². The summed E-state index contributed by atoms with van der Waals surface area (Å²) in [6.45, 7) is 11.3. The smallest absolute Gasteiger partial charge is 0.410 e. The number of piperazine rings is 1. The standard InChI is InChI=1S/C14H22ClN5O2/c1-13(2,3)22-12(21)20-7-6-19(8-14(20,4)5)11-17-9-16-10(15)18-11/h9H,6-8H2,1-5H3. The van der Waals surface area contributed by atoms with Crippen molar-refractivity contribution < 1.29 is 9.53 Å². The van der Waals surface area contributed by atoms with E-state index in [1.807, 2.05) is 39.5 Å². The summed E-state index contributed by atoms with van der Waals surface area (Å²) in [6, 6.07) is 0. The molecule has 1 aliphatic rings. The molecule has 1 aromatic rings. The van der Waals surface area contributed by atoms with E-state index >= 15 is 0 Å². The predicted octanol–water partition coefficient (Wildman–Crippen LogP) is 2.36. The highest BCUT2D eigenvalue weighted by Crippen LogP contribution is 2.25. The van der Waals surface area contributed by atoms with Crippen LogP contribution < -0.4 is 4.90 Å². The lowest BCUT2D eigenvalue weighted by Gasteiger charge is -2.46. The van der Waals surface area contributed by atoms with Gasteiger partial charge in [0.25, 0.3) is 0 Å². The summed E-state index contributed by atoms with van der Waals surface area (Å²) in [5, 5.41) is 0.164. The quantitative estimate of drug-likeness (QED) is 0.788. The summed E-state index contributed by atoms with van der Waals surface area (Å²) >= 11 is 5.81. The third-order valence-corrected chi connectivity index (χ3v) is 3.51. The van der Waals surface area contributed by atoms with Crippen LogP contribution in [0.15, 0.2) is 6.33 Å². The van der Waals surface area contributed by atoms with Crippen LogP contribution in [0.4, 0.5) is 10.7 Å². The molecule has 0 saturated carbocycles. The normalized spacial score (nSPS) is 18.3. The second-order valence-electron chi connectivity index (χ2n) is 6.92. The van der Waals surface area contributed by atoms with Crippen molar-refractivity contribution in [2.45, 2.75) is 45.8 Å². The molecule has 1 aromatic heterocycles. The maximum absolute atomic E-state index is 12.3. The Labute approximate surface area is 135 Å². The minimum Gasteiger partial charge on any atom is -0.444 e. The second kappa shape index (κ2) is 5.87. The molecule has 1 fully saturated rings. The van der Waals surface area contributed by atoms with Crippen LogP contribution in [0.25, 0.3) is 0 Å². The number of amides is 1. The summed E-state index contributed by atoms with van der Waals surface area (Å²) in [6.07, 6.45) is 1.09. The largest absolute Gasteiger partial charge is 0.444 e. The van der Waals surface area contributed by atoms with Gasteiger partial charge in [0, 0.05) is 19.6 Å². The zero-order valence-electron chi connectivity index (χ0n) is 13.6. The van der Waals surface area contributed by atoms with Crippen molar-refractivity contribution in [3.63, 3.8) is 0 Å². The summed E-state index contributed by atoms with van der Waals surface area (Å²) in [7, 11) is 0. The molecule has 1 amide bonds. The highest BCUT2D eigenvalue weighted by Gasteiger charge is 2.39. The van der Waals surface area contributed by atoms with E-state index in [0.717, 1.165) is 0 Å². The third kappa shape index (κ3) is 3.97. The van der Waals surface area contributed by atoms with E-state index in [0.29, 0.717) is 25.6 Å². The second-order valence-corrected chi connectivity index (χ2v) is 7.26. The van der Waals surface area contributed by atoms with Crippen molar-refractivity contribution in [2.75, 3.05) is 24.5 Å². The first-order chi connectivity index (χ1) is 10.1. The van der Waals surface area contributed by atoms with E-state index in [1.54, 1.807) is 4.90 Å². The Kier molecular flexibility index (Phi) is 4.47. The molecule has 2 rings (SSSR count). The number of ether oxygens (including phenoxy) is 1. The Morgan fingerprint density at radius 3 is 2.55 bits per heavy atom. The number of rotatable bonds is 1. The fourth-order valence-electron chi connectivity index (χ4n) is 2.40. The van der Waals surface area contributed by atoms with Crippen LogP contribution in [0, 0.1) is 0 Å². The number of carbonyl (C=O) groups is 1. The van der Waals surface area contributed by atoms with Gasteiger partial charge in [0.05, 0.1) is 5.54 Å². The molecular formula is C14H22ClN5O2. The average molecular weight is 328 g/mol. The molecule has 0 unspecified atom stereocenters. The molecule has 8 heteroatoms. The molecule has 0 spiro atoms. The molecule has 0 aliphatic carbocycles. The van der Waals surface area contributed by atoms with Gasteiger partial charge in [-0.05, 0) is 46.2 Å². The fraction of sp³-hybridized carbons (Fsp3) is 0.714. The molecular weight excluding hydrogens is 306 g/mol. The van der Waals surface area contributed by atoms with Gasteiger partial charge < -0.3 is 9.64 Å². The number of carbonyl (C=O) groups excluding carboxylic acids is 1. The predicted molar refractivity (Wildman–Crippen MR) is 84.1 cm³/mol. The van der Waals surface area contributed by atoms with Gasteiger partial charge in [0.1, 0.15) is 11.9 Å². The van der Waals surface area contributed by atoms with Crippen LogP contribution in [0.3, 0.4) is 0 Å². The van der Waals surface area contributed by atoms with Gasteiger partial charge >= 0.3 is 6.09 Å². The summed E-state index contributed by atoms with van der Waals surface area (Å²) in [4.78, 5) is 28.1. The summed E-state index contributed by atoms with van der Waals surface area (Å²) in [5.41, 5.74) is -0.911. The maximum Gasteiger partial charge on any atom is 0.410 e. The van der Waals surface area contributed by atoms with Crippen LogP contribution in [-0.4, -0.2) is 56.7 Å². The van der Waals surface area contributed by atoms with Crippen molar-refractivity contribution in [1.82, 2.24) is 19.9 Å². The molecule has 0 N–H and O–H groups in total. The number of hydrogen-bond donors (Lipinski definition) is 0. The number of anilines is 1. The van der Waals surface area contributed by atoms with Crippen molar-refractivity contribution in [1.29, 1.82) is 0 Å². The van der Waals surface area contributed by atoms with Crippen molar-refractivity contribution in [3.8, 4) is 0 Å². The van der Waals surface area contributed by atoms with E-state index in [9.17, 15) is 4.79 Å². The molecule has 0 bridgehead atoms. The van der Waals surface area contributed by atoms with Crippen LogP contribution in [0.1, 0.15) is 34.6 Å². The highest BCUT2D eigenvalue weighted by molar-refractivity contribution is 6.28. The van der Waals surface area contributed by atoms with Crippen LogP contribution >= 0.6 is 11.6 Å². The first kappa shape index (κ1) is 16.7. The van der Waals surface area contributed by atoms with E-state index in [2.05, 4.69) is 15.0 Å². The van der Waals surface area contributed by atoms with Gasteiger partial charge in [0.15, 0.2) is 0 Å². The van der Waals surface area contributed by atoms with Gasteiger partial charge in [-0.25, -0.2) is 14.8 Å². The molecule has 0 atom stereocenters.